The second-order valence-corrected chi connectivity index (χ2v) is 7.47. The highest BCUT2D eigenvalue weighted by Crippen LogP contribution is 2.31. The summed E-state index contributed by atoms with van der Waals surface area (Å²) >= 11 is 0. The number of aromatic nitrogens is 3. The second-order valence-electron chi connectivity index (χ2n) is 7.47. The Morgan fingerprint density at radius 1 is 1.03 bits per heavy atom. The van der Waals surface area contributed by atoms with E-state index in [9.17, 15) is 14.9 Å². The molecule has 9 nitrogen and oxygen atoms in total. The summed E-state index contributed by atoms with van der Waals surface area (Å²) < 4.78 is 13.1. The molecule has 6 rings (SSSR count). The molecule has 0 radical (unpaired) electrons. The van der Waals surface area contributed by atoms with E-state index >= 15 is 0 Å². The Labute approximate surface area is 184 Å². The van der Waals surface area contributed by atoms with Crippen molar-refractivity contribution in [2.24, 2.45) is 0 Å². The molecule has 3 aromatic heterocycles. The first-order valence-corrected chi connectivity index (χ1v) is 10.0. The van der Waals surface area contributed by atoms with Crippen LogP contribution in [0.2, 0.25) is 0 Å². The smallest absolute Gasteiger partial charge is 0.269 e. The molecular formula is C24H14N4O5. The van der Waals surface area contributed by atoms with Crippen LogP contribution in [0.1, 0.15) is 0 Å². The molecule has 3 heterocycles. The molecule has 0 saturated heterocycles. The van der Waals surface area contributed by atoms with Crippen molar-refractivity contribution in [3.8, 4) is 17.1 Å². The maximum atomic E-state index is 13.5. The summed E-state index contributed by atoms with van der Waals surface area (Å²) in [6.45, 7) is 0. The Kier molecular flexibility index (Phi) is 3.94. The fraction of sp³-hybridized carbons (Fsp3) is 0.0417. The molecule has 0 aliphatic rings. The van der Waals surface area contributed by atoms with Gasteiger partial charge in [-0.15, -0.1) is 0 Å². The molecule has 160 valence electrons. The topological polar surface area (TPSA) is 113 Å². The average molecular weight is 438 g/mol. The zero-order chi connectivity index (χ0) is 22.7. The van der Waals surface area contributed by atoms with E-state index in [1.54, 1.807) is 34.7 Å². The number of fused-ring (bicyclic) bond motifs is 6. The summed E-state index contributed by atoms with van der Waals surface area (Å²) in [6, 6.07) is 18.5. The van der Waals surface area contributed by atoms with Gasteiger partial charge in [0.15, 0.2) is 5.65 Å². The first-order chi connectivity index (χ1) is 16.0. The maximum Gasteiger partial charge on any atom is 0.269 e. The Bertz CT molecular complexity index is 1800. The van der Waals surface area contributed by atoms with Crippen molar-refractivity contribution < 1.29 is 14.1 Å². The summed E-state index contributed by atoms with van der Waals surface area (Å²) in [5.41, 5.74) is 2.64. The van der Waals surface area contributed by atoms with Gasteiger partial charge in [-0.2, -0.15) is 4.98 Å². The minimum absolute atomic E-state index is 0.0316. The highest BCUT2D eigenvalue weighted by Gasteiger charge is 2.21. The maximum absolute atomic E-state index is 13.5. The Balaban J connectivity index is 1.79. The van der Waals surface area contributed by atoms with E-state index in [4.69, 9.17) is 14.1 Å². The molecule has 0 spiro atoms. The molecular weight excluding hydrogens is 424 g/mol. The number of hydrogen-bond donors (Lipinski definition) is 0. The lowest BCUT2D eigenvalue weighted by atomic mass is 10.1. The summed E-state index contributed by atoms with van der Waals surface area (Å²) in [6.07, 6.45) is 0. The third kappa shape index (κ3) is 2.76. The predicted molar refractivity (Wildman–Crippen MR) is 123 cm³/mol. The number of imidazole rings is 1. The number of nitrogens with zero attached hydrogens (tertiary/aromatic N) is 4. The molecule has 0 fully saturated rings. The van der Waals surface area contributed by atoms with Crippen LogP contribution in [-0.4, -0.2) is 26.4 Å². The molecule has 0 atom stereocenters. The van der Waals surface area contributed by atoms with Gasteiger partial charge in [0.05, 0.1) is 28.5 Å². The number of non-ortho nitro benzene ring substituents is 1. The molecule has 0 amide bonds. The van der Waals surface area contributed by atoms with E-state index in [0.29, 0.717) is 39.3 Å². The number of para-hydroxylation sites is 2. The van der Waals surface area contributed by atoms with Crippen LogP contribution in [0.4, 0.5) is 5.69 Å². The average Bonchev–Trinajstić information content (AvgIpc) is 3.22. The van der Waals surface area contributed by atoms with Gasteiger partial charge < -0.3 is 9.15 Å². The minimum Gasteiger partial charge on any atom is -0.497 e. The number of ether oxygens (including phenoxy) is 1. The summed E-state index contributed by atoms with van der Waals surface area (Å²) in [5, 5.41) is 11.7. The molecule has 3 aromatic carbocycles. The predicted octanol–water partition coefficient (Wildman–Crippen LogP) is 4.73. The molecule has 33 heavy (non-hydrogen) atoms. The zero-order valence-electron chi connectivity index (χ0n) is 17.2. The monoisotopic (exact) mass is 438 g/mol. The largest absolute Gasteiger partial charge is 0.497 e. The Hall–Kier alpha value is -4.79. The van der Waals surface area contributed by atoms with Crippen LogP contribution in [-0.2, 0) is 0 Å². The lowest BCUT2D eigenvalue weighted by Gasteiger charge is -2.09. The van der Waals surface area contributed by atoms with Gasteiger partial charge in [0, 0.05) is 23.8 Å². The molecule has 0 aliphatic carbocycles. The minimum atomic E-state index is -0.460. The van der Waals surface area contributed by atoms with Gasteiger partial charge in [0.1, 0.15) is 22.5 Å². The number of methoxy groups -OCH3 is 1. The summed E-state index contributed by atoms with van der Waals surface area (Å²) in [5.74, 6) is 1.000. The van der Waals surface area contributed by atoms with Gasteiger partial charge in [0.25, 0.3) is 5.69 Å². The Morgan fingerprint density at radius 2 is 1.82 bits per heavy atom. The van der Waals surface area contributed by atoms with Gasteiger partial charge >= 0.3 is 0 Å². The molecule has 0 N–H and O–H groups in total. The van der Waals surface area contributed by atoms with Crippen molar-refractivity contribution in [2.45, 2.75) is 0 Å². The number of nitro benzene ring substituents is 1. The van der Waals surface area contributed by atoms with Crippen molar-refractivity contribution in [3.05, 3.63) is 87.1 Å². The van der Waals surface area contributed by atoms with Crippen LogP contribution in [0.3, 0.4) is 0 Å². The van der Waals surface area contributed by atoms with Gasteiger partial charge in [-0.05, 0) is 36.4 Å². The highest BCUT2D eigenvalue weighted by atomic mass is 16.6. The van der Waals surface area contributed by atoms with Crippen LogP contribution >= 0.6 is 0 Å². The quantitative estimate of drug-likeness (QED) is 0.223. The van der Waals surface area contributed by atoms with Crippen molar-refractivity contribution >= 4 is 44.4 Å². The van der Waals surface area contributed by atoms with Crippen molar-refractivity contribution in [1.82, 2.24) is 14.4 Å². The normalized spacial score (nSPS) is 11.5. The first-order valence-electron chi connectivity index (χ1n) is 10.0. The van der Waals surface area contributed by atoms with Crippen molar-refractivity contribution in [3.63, 3.8) is 0 Å². The third-order valence-electron chi connectivity index (χ3n) is 5.62. The first kappa shape index (κ1) is 18.9. The van der Waals surface area contributed by atoms with Crippen molar-refractivity contribution in [2.75, 3.05) is 7.11 Å². The molecule has 6 aromatic rings. The van der Waals surface area contributed by atoms with E-state index in [2.05, 4.69) is 4.98 Å². The van der Waals surface area contributed by atoms with Crippen LogP contribution in [0.15, 0.2) is 75.9 Å². The van der Waals surface area contributed by atoms with Gasteiger partial charge in [-0.3, -0.25) is 19.3 Å². The number of nitro groups is 1. The van der Waals surface area contributed by atoms with E-state index < -0.39 is 4.92 Å². The molecule has 9 heteroatoms. The van der Waals surface area contributed by atoms with Gasteiger partial charge in [-0.1, -0.05) is 12.1 Å². The third-order valence-corrected chi connectivity index (χ3v) is 5.62. The van der Waals surface area contributed by atoms with Gasteiger partial charge in [0.2, 0.25) is 11.1 Å². The molecule has 0 unspecified atom stereocenters. The lowest BCUT2D eigenvalue weighted by Crippen LogP contribution is -2.08. The van der Waals surface area contributed by atoms with Crippen LogP contribution in [0, 0.1) is 10.1 Å². The highest BCUT2D eigenvalue weighted by molar-refractivity contribution is 6.00. The summed E-state index contributed by atoms with van der Waals surface area (Å²) in [4.78, 5) is 33.5. The van der Waals surface area contributed by atoms with Crippen LogP contribution in [0.5, 0.6) is 5.75 Å². The number of benzene rings is 3. The van der Waals surface area contributed by atoms with E-state index in [1.165, 1.54) is 19.2 Å². The molecule has 0 saturated carbocycles. The number of hydrogen-bond acceptors (Lipinski definition) is 7. The molecule has 0 aliphatic heterocycles. The zero-order valence-corrected chi connectivity index (χ0v) is 17.2. The van der Waals surface area contributed by atoms with E-state index in [1.807, 2.05) is 24.3 Å². The van der Waals surface area contributed by atoms with Crippen LogP contribution in [0.25, 0.3) is 50.1 Å². The fourth-order valence-electron chi connectivity index (χ4n) is 4.04. The Morgan fingerprint density at radius 3 is 2.58 bits per heavy atom. The standard InChI is InChI=1S/C24H14N4O5/c1-32-15-10-11-16-19(12-15)33-24-20(21(16)29)23-25-17-4-2-3-5-18(17)27(23)22(26-24)13-6-8-14(9-7-13)28(30)31/h2-12H,1H3. The lowest BCUT2D eigenvalue weighted by molar-refractivity contribution is -0.384. The number of rotatable bonds is 3. The van der Waals surface area contributed by atoms with E-state index in [-0.39, 0.29) is 22.2 Å². The SMILES string of the molecule is COc1ccc2c(=O)c3c(nc(-c4ccc([N+](=O)[O-])cc4)n4c5ccccc5nc34)oc2c1. The summed E-state index contributed by atoms with van der Waals surface area (Å²) in [7, 11) is 1.53. The second kappa shape index (κ2) is 6.86. The molecule has 0 bridgehead atoms. The fourth-order valence-corrected chi connectivity index (χ4v) is 4.04. The van der Waals surface area contributed by atoms with E-state index in [0.717, 1.165) is 5.52 Å². The van der Waals surface area contributed by atoms with Gasteiger partial charge in [-0.25, -0.2) is 4.98 Å². The van der Waals surface area contributed by atoms with Crippen LogP contribution < -0.4 is 10.2 Å². The van der Waals surface area contributed by atoms with Crippen molar-refractivity contribution in [1.29, 1.82) is 0 Å².